The first-order chi connectivity index (χ1) is 12.8. The van der Waals surface area contributed by atoms with Crippen molar-refractivity contribution in [2.45, 2.75) is 25.4 Å². The zero-order valence-corrected chi connectivity index (χ0v) is 15.7. The van der Waals surface area contributed by atoms with Crippen LogP contribution >= 0.6 is 0 Å². The van der Waals surface area contributed by atoms with Crippen LogP contribution in [-0.2, 0) is 5.41 Å². The Morgan fingerprint density at radius 2 is 1.89 bits per heavy atom. The molecule has 1 heterocycles. The molecule has 1 N–H and O–H groups in total. The fourth-order valence-corrected chi connectivity index (χ4v) is 3.51. The predicted octanol–water partition coefficient (Wildman–Crippen LogP) is 4.01. The Morgan fingerprint density at radius 3 is 2.52 bits per heavy atom. The standard InChI is InChI=1S/C21H23N3O3/c1-21(2)17-6-4-5-7-18(17)23(3)20(21)12-13-22-14-19(25)15-8-10-16(11-9-15)24(26)27/h4-13,19,25H,14H2,1-3H3/b20-12-,22-13?. The lowest BCUT2D eigenvalue weighted by Gasteiger charge is -2.23. The zero-order chi connectivity index (χ0) is 19.6. The van der Waals surface area contributed by atoms with Crippen molar-refractivity contribution in [3.8, 4) is 0 Å². The van der Waals surface area contributed by atoms with Crippen LogP contribution in [0.2, 0.25) is 0 Å². The van der Waals surface area contributed by atoms with Crippen molar-refractivity contribution in [3.63, 3.8) is 0 Å². The summed E-state index contributed by atoms with van der Waals surface area (Å²) in [4.78, 5) is 16.7. The molecule has 2 aromatic carbocycles. The van der Waals surface area contributed by atoms with Gasteiger partial charge in [-0.05, 0) is 35.4 Å². The van der Waals surface area contributed by atoms with Crippen molar-refractivity contribution in [1.82, 2.24) is 0 Å². The zero-order valence-electron chi connectivity index (χ0n) is 15.7. The van der Waals surface area contributed by atoms with Crippen LogP contribution in [0.25, 0.3) is 0 Å². The summed E-state index contributed by atoms with van der Waals surface area (Å²) in [6.07, 6.45) is 2.89. The summed E-state index contributed by atoms with van der Waals surface area (Å²) >= 11 is 0. The summed E-state index contributed by atoms with van der Waals surface area (Å²) in [6.45, 7) is 4.56. The van der Waals surface area contributed by atoms with Crippen LogP contribution < -0.4 is 4.90 Å². The molecule has 0 fully saturated rings. The van der Waals surface area contributed by atoms with E-state index in [1.54, 1.807) is 18.3 Å². The maximum Gasteiger partial charge on any atom is 0.269 e. The molecule has 1 unspecified atom stereocenters. The minimum Gasteiger partial charge on any atom is -0.386 e. The monoisotopic (exact) mass is 365 g/mol. The number of likely N-dealkylation sites (N-methyl/N-ethyl adjacent to an activating group) is 1. The number of nitrogens with zero attached hydrogens (tertiary/aromatic N) is 3. The number of hydrogen-bond acceptors (Lipinski definition) is 5. The van der Waals surface area contributed by atoms with Crippen LogP contribution in [0.4, 0.5) is 11.4 Å². The first kappa shape index (κ1) is 18.8. The Kier molecular flexibility index (Phi) is 5.10. The molecule has 0 aliphatic carbocycles. The number of allylic oxidation sites excluding steroid dienone is 2. The van der Waals surface area contributed by atoms with Gasteiger partial charge in [0.2, 0.25) is 0 Å². The quantitative estimate of drug-likeness (QED) is 0.493. The van der Waals surface area contributed by atoms with E-state index in [1.807, 2.05) is 25.3 Å². The Bertz CT molecular complexity index is 901. The van der Waals surface area contributed by atoms with Crippen LogP contribution in [-0.4, -0.2) is 29.8 Å². The fourth-order valence-electron chi connectivity index (χ4n) is 3.51. The van der Waals surface area contributed by atoms with Gasteiger partial charge in [-0.2, -0.15) is 0 Å². The van der Waals surface area contributed by atoms with Gasteiger partial charge in [-0.3, -0.25) is 15.1 Å². The van der Waals surface area contributed by atoms with Gasteiger partial charge in [0.15, 0.2) is 0 Å². The van der Waals surface area contributed by atoms with Gasteiger partial charge in [-0.1, -0.05) is 32.0 Å². The van der Waals surface area contributed by atoms with Crippen LogP contribution in [0, 0.1) is 10.1 Å². The number of para-hydroxylation sites is 1. The minimum atomic E-state index is -0.799. The van der Waals surface area contributed by atoms with E-state index in [0.717, 1.165) is 5.70 Å². The van der Waals surface area contributed by atoms with E-state index in [0.29, 0.717) is 5.56 Å². The highest BCUT2D eigenvalue weighted by Crippen LogP contribution is 2.46. The number of fused-ring (bicyclic) bond motifs is 1. The average Bonchev–Trinajstić information content (AvgIpc) is 2.85. The molecule has 0 aromatic heterocycles. The summed E-state index contributed by atoms with van der Waals surface area (Å²) < 4.78 is 0. The number of aliphatic hydroxyl groups is 1. The molecule has 6 nitrogen and oxygen atoms in total. The molecule has 1 aliphatic rings. The molecule has 3 rings (SSSR count). The van der Waals surface area contributed by atoms with Gasteiger partial charge in [0.05, 0.1) is 17.6 Å². The second-order valence-electron chi connectivity index (χ2n) is 7.13. The molecule has 0 amide bonds. The smallest absolute Gasteiger partial charge is 0.269 e. The van der Waals surface area contributed by atoms with Crippen molar-refractivity contribution in [3.05, 3.63) is 81.5 Å². The molecular weight excluding hydrogens is 342 g/mol. The van der Waals surface area contributed by atoms with E-state index in [2.05, 4.69) is 35.9 Å². The van der Waals surface area contributed by atoms with Gasteiger partial charge in [0.1, 0.15) is 0 Å². The topological polar surface area (TPSA) is 79.0 Å². The van der Waals surface area contributed by atoms with Crippen LogP contribution in [0.1, 0.15) is 31.1 Å². The molecule has 0 saturated carbocycles. The summed E-state index contributed by atoms with van der Waals surface area (Å²) in [5.41, 5.74) is 4.10. The maximum atomic E-state index is 10.7. The molecule has 140 valence electrons. The fraction of sp³-hybridized carbons (Fsp3) is 0.286. The molecule has 6 heteroatoms. The maximum absolute atomic E-state index is 10.7. The Labute approximate surface area is 158 Å². The van der Waals surface area contributed by atoms with Crippen molar-refractivity contribution in [1.29, 1.82) is 0 Å². The van der Waals surface area contributed by atoms with E-state index in [-0.39, 0.29) is 17.6 Å². The lowest BCUT2D eigenvalue weighted by molar-refractivity contribution is -0.384. The van der Waals surface area contributed by atoms with Gasteiger partial charge in [-0.15, -0.1) is 0 Å². The number of nitro benzene ring substituents is 1. The number of rotatable bonds is 5. The van der Waals surface area contributed by atoms with E-state index >= 15 is 0 Å². The van der Waals surface area contributed by atoms with Gasteiger partial charge in [-0.25, -0.2) is 0 Å². The SMILES string of the molecule is CN1/C(=C\C=NCC(O)c2ccc([N+](=O)[O-])cc2)C(C)(C)c2ccccc21. The Morgan fingerprint density at radius 1 is 1.22 bits per heavy atom. The number of aliphatic hydroxyl groups excluding tert-OH is 1. The molecular formula is C21H23N3O3. The Balaban J connectivity index is 1.69. The van der Waals surface area contributed by atoms with Crippen molar-refractivity contribution >= 4 is 17.6 Å². The highest BCUT2D eigenvalue weighted by molar-refractivity contribution is 5.79. The van der Waals surface area contributed by atoms with Crippen molar-refractivity contribution in [2.24, 2.45) is 4.99 Å². The number of hydrogen-bond donors (Lipinski definition) is 1. The molecule has 1 aliphatic heterocycles. The van der Waals surface area contributed by atoms with E-state index in [1.165, 1.54) is 23.4 Å². The molecule has 0 spiro atoms. The van der Waals surface area contributed by atoms with Crippen LogP contribution in [0.15, 0.2) is 65.3 Å². The van der Waals surface area contributed by atoms with Crippen LogP contribution in [0.5, 0.6) is 0 Å². The number of benzene rings is 2. The first-order valence-corrected chi connectivity index (χ1v) is 8.78. The summed E-state index contributed by atoms with van der Waals surface area (Å²) in [5, 5.41) is 20.9. The predicted molar refractivity (Wildman–Crippen MR) is 107 cm³/mol. The van der Waals surface area contributed by atoms with Crippen molar-refractivity contribution < 1.29 is 10.0 Å². The average molecular weight is 365 g/mol. The van der Waals surface area contributed by atoms with Gasteiger partial charge in [0.25, 0.3) is 5.69 Å². The number of aliphatic imine (C=N–C) groups is 1. The molecule has 1 atom stereocenters. The highest BCUT2D eigenvalue weighted by atomic mass is 16.6. The van der Waals surface area contributed by atoms with E-state index in [9.17, 15) is 15.2 Å². The van der Waals surface area contributed by atoms with E-state index < -0.39 is 11.0 Å². The van der Waals surface area contributed by atoms with Crippen LogP contribution in [0.3, 0.4) is 0 Å². The largest absolute Gasteiger partial charge is 0.386 e. The third-order valence-corrected chi connectivity index (χ3v) is 5.05. The second-order valence-corrected chi connectivity index (χ2v) is 7.13. The van der Waals surface area contributed by atoms with Crippen molar-refractivity contribution in [2.75, 3.05) is 18.5 Å². The second kappa shape index (κ2) is 7.32. The summed E-state index contributed by atoms with van der Waals surface area (Å²) in [6, 6.07) is 14.2. The summed E-state index contributed by atoms with van der Waals surface area (Å²) in [5.74, 6) is 0. The third-order valence-electron chi connectivity index (χ3n) is 5.05. The lowest BCUT2D eigenvalue weighted by atomic mass is 9.84. The molecule has 2 aromatic rings. The summed E-state index contributed by atoms with van der Waals surface area (Å²) in [7, 11) is 2.04. The normalized spacial score (nSPS) is 18.1. The first-order valence-electron chi connectivity index (χ1n) is 8.78. The highest BCUT2D eigenvalue weighted by Gasteiger charge is 2.37. The van der Waals surface area contributed by atoms with Gasteiger partial charge in [0, 0.05) is 42.2 Å². The third kappa shape index (κ3) is 3.61. The molecule has 27 heavy (non-hydrogen) atoms. The number of anilines is 1. The number of non-ortho nitro benzene ring substituents is 1. The molecule has 0 saturated heterocycles. The lowest BCUT2D eigenvalue weighted by Crippen LogP contribution is -2.23. The molecule has 0 bridgehead atoms. The number of nitro groups is 1. The van der Waals surface area contributed by atoms with Gasteiger partial charge < -0.3 is 10.0 Å². The molecule has 0 radical (unpaired) electrons. The minimum absolute atomic E-state index is 0.00486. The Hall–Kier alpha value is -2.99. The van der Waals surface area contributed by atoms with E-state index in [4.69, 9.17) is 0 Å². The van der Waals surface area contributed by atoms with Gasteiger partial charge >= 0.3 is 0 Å².